The van der Waals surface area contributed by atoms with Crippen molar-refractivity contribution in [2.24, 2.45) is 0 Å². The minimum Gasteiger partial charge on any atom is -0.491 e. The summed E-state index contributed by atoms with van der Waals surface area (Å²) in [5.41, 5.74) is 2.11. The number of carbonyl (C=O) groups excluding carboxylic acids is 2. The Morgan fingerprint density at radius 1 is 1.25 bits per heavy atom. The van der Waals surface area contributed by atoms with Crippen LogP contribution in [0.15, 0.2) is 40.8 Å². The van der Waals surface area contributed by atoms with Crippen LogP contribution in [-0.2, 0) is 11.3 Å². The smallest absolute Gasteiger partial charge is 0.255 e. The molecule has 6 nitrogen and oxygen atoms in total. The first kappa shape index (κ1) is 19.4. The molecule has 0 radical (unpaired) electrons. The average molecular weight is 384 g/mol. The maximum Gasteiger partial charge on any atom is 0.255 e. The van der Waals surface area contributed by atoms with Gasteiger partial charge in [0, 0.05) is 30.1 Å². The number of benzene rings is 2. The van der Waals surface area contributed by atoms with Gasteiger partial charge in [0.25, 0.3) is 5.91 Å². The fraction of sp³-hybridized carbons (Fsp3) is 0.238. The van der Waals surface area contributed by atoms with Crippen LogP contribution < -0.4 is 15.4 Å². The van der Waals surface area contributed by atoms with E-state index in [0.717, 1.165) is 5.56 Å². The number of fused-ring (bicyclic) bond motifs is 1. The number of nitrogens with one attached hydrogen (secondary N) is 2. The van der Waals surface area contributed by atoms with E-state index >= 15 is 0 Å². The lowest BCUT2D eigenvalue weighted by molar-refractivity contribution is -0.109. The molecule has 1 aromatic heterocycles. The zero-order chi connectivity index (χ0) is 20.3. The first-order chi connectivity index (χ1) is 13.4. The molecular formula is C21H21FN2O4. The molecule has 0 spiro atoms. The Kier molecular flexibility index (Phi) is 5.63. The fourth-order valence-electron chi connectivity index (χ4n) is 2.97. The molecule has 0 aliphatic rings. The van der Waals surface area contributed by atoms with Crippen molar-refractivity contribution in [2.45, 2.75) is 26.5 Å². The summed E-state index contributed by atoms with van der Waals surface area (Å²) in [5.74, 6) is 0.183. The molecule has 2 aromatic carbocycles. The Balaban J connectivity index is 2.25. The lowest BCUT2D eigenvalue weighted by Crippen LogP contribution is -2.18. The van der Waals surface area contributed by atoms with Crippen molar-refractivity contribution in [3.05, 3.63) is 53.3 Å². The fourth-order valence-corrected chi connectivity index (χ4v) is 2.97. The van der Waals surface area contributed by atoms with Crippen LogP contribution in [0.4, 0.5) is 4.39 Å². The Morgan fingerprint density at radius 3 is 2.57 bits per heavy atom. The summed E-state index contributed by atoms with van der Waals surface area (Å²) in [7, 11) is 1.53. The molecule has 0 bridgehead atoms. The molecule has 2 N–H and O–H groups in total. The van der Waals surface area contributed by atoms with Gasteiger partial charge >= 0.3 is 0 Å². The Hall–Kier alpha value is -3.35. The largest absolute Gasteiger partial charge is 0.491 e. The summed E-state index contributed by atoms with van der Waals surface area (Å²) in [6.45, 7) is 4.03. The number of carbonyl (C=O) groups is 2. The van der Waals surface area contributed by atoms with E-state index in [4.69, 9.17) is 9.15 Å². The summed E-state index contributed by atoms with van der Waals surface area (Å²) >= 11 is 0. The molecule has 0 aliphatic carbocycles. The molecule has 0 saturated heterocycles. The average Bonchev–Trinajstić information content (AvgIpc) is 3.03. The van der Waals surface area contributed by atoms with Crippen molar-refractivity contribution in [3.8, 4) is 17.1 Å². The summed E-state index contributed by atoms with van der Waals surface area (Å²) in [4.78, 5) is 23.3. The van der Waals surface area contributed by atoms with Crippen LogP contribution in [0.3, 0.4) is 0 Å². The maximum absolute atomic E-state index is 13.3. The van der Waals surface area contributed by atoms with Gasteiger partial charge in [-0.3, -0.25) is 9.59 Å². The highest BCUT2D eigenvalue weighted by Crippen LogP contribution is 2.37. The number of ether oxygens (including phenoxy) is 1. The Bertz CT molecular complexity index is 1010. The number of hydrogen-bond donors (Lipinski definition) is 2. The SMILES string of the molecule is CNC(=O)c1c(-c2ccc(F)cc2)oc2cc(CNC=O)c(OC(C)C)cc12. The highest BCUT2D eigenvalue weighted by atomic mass is 19.1. The topological polar surface area (TPSA) is 80.6 Å². The molecule has 0 atom stereocenters. The monoisotopic (exact) mass is 384 g/mol. The lowest BCUT2D eigenvalue weighted by Gasteiger charge is -2.14. The number of halogens is 1. The van der Waals surface area contributed by atoms with Crippen molar-refractivity contribution in [1.29, 1.82) is 0 Å². The van der Waals surface area contributed by atoms with Gasteiger partial charge in [-0.1, -0.05) is 0 Å². The molecule has 0 aliphatic heterocycles. The Labute approximate surface area is 161 Å². The van der Waals surface area contributed by atoms with Crippen LogP contribution in [0.1, 0.15) is 29.8 Å². The molecule has 0 fully saturated rings. The normalized spacial score (nSPS) is 10.9. The van der Waals surface area contributed by atoms with Gasteiger partial charge in [-0.15, -0.1) is 0 Å². The molecule has 146 valence electrons. The number of hydrogen-bond acceptors (Lipinski definition) is 4. The van der Waals surface area contributed by atoms with Gasteiger partial charge in [0.15, 0.2) is 0 Å². The molecule has 7 heteroatoms. The van der Waals surface area contributed by atoms with Crippen LogP contribution in [0.25, 0.3) is 22.3 Å². The van der Waals surface area contributed by atoms with E-state index in [0.29, 0.717) is 40.0 Å². The van der Waals surface area contributed by atoms with Crippen LogP contribution in [0, 0.1) is 5.82 Å². The van der Waals surface area contributed by atoms with E-state index in [9.17, 15) is 14.0 Å². The van der Waals surface area contributed by atoms with Gasteiger partial charge in [0.1, 0.15) is 22.9 Å². The van der Waals surface area contributed by atoms with Crippen LogP contribution in [0.2, 0.25) is 0 Å². The molecule has 0 unspecified atom stereocenters. The van der Waals surface area contributed by atoms with Crippen molar-refractivity contribution < 1.29 is 23.1 Å². The zero-order valence-corrected chi connectivity index (χ0v) is 15.8. The van der Waals surface area contributed by atoms with Crippen LogP contribution >= 0.6 is 0 Å². The third-order valence-electron chi connectivity index (χ3n) is 4.17. The van der Waals surface area contributed by atoms with Gasteiger partial charge < -0.3 is 19.8 Å². The van der Waals surface area contributed by atoms with E-state index in [-0.39, 0.29) is 24.4 Å². The van der Waals surface area contributed by atoms with Gasteiger partial charge in [0.2, 0.25) is 6.41 Å². The third-order valence-corrected chi connectivity index (χ3v) is 4.17. The molecule has 28 heavy (non-hydrogen) atoms. The second-order valence-electron chi connectivity index (χ2n) is 6.51. The third kappa shape index (κ3) is 3.83. The minimum absolute atomic E-state index is 0.0978. The van der Waals surface area contributed by atoms with Crippen molar-refractivity contribution in [1.82, 2.24) is 10.6 Å². The second-order valence-corrected chi connectivity index (χ2v) is 6.51. The van der Waals surface area contributed by atoms with Crippen molar-refractivity contribution in [2.75, 3.05) is 7.05 Å². The predicted molar refractivity (Wildman–Crippen MR) is 104 cm³/mol. The first-order valence-corrected chi connectivity index (χ1v) is 8.85. The summed E-state index contributed by atoms with van der Waals surface area (Å²) in [6, 6.07) is 9.20. The highest BCUT2D eigenvalue weighted by Gasteiger charge is 2.23. The molecule has 2 amide bonds. The van der Waals surface area contributed by atoms with Gasteiger partial charge in [0.05, 0.1) is 11.7 Å². The van der Waals surface area contributed by atoms with Gasteiger partial charge in [-0.2, -0.15) is 0 Å². The van der Waals surface area contributed by atoms with Crippen LogP contribution in [-0.4, -0.2) is 25.5 Å². The molecule has 3 aromatic rings. The number of amides is 2. The van der Waals surface area contributed by atoms with Crippen LogP contribution in [0.5, 0.6) is 5.75 Å². The zero-order valence-electron chi connectivity index (χ0n) is 15.8. The number of furan rings is 1. The predicted octanol–water partition coefficient (Wildman–Crippen LogP) is 3.63. The Morgan fingerprint density at radius 2 is 1.96 bits per heavy atom. The molecule has 1 heterocycles. The summed E-state index contributed by atoms with van der Waals surface area (Å²) in [6.07, 6.45) is 0.505. The van der Waals surface area contributed by atoms with Gasteiger partial charge in [-0.25, -0.2) is 4.39 Å². The second kappa shape index (κ2) is 8.12. The summed E-state index contributed by atoms with van der Waals surface area (Å²) < 4.78 is 25.2. The van der Waals surface area contributed by atoms with E-state index < -0.39 is 0 Å². The minimum atomic E-state index is -0.379. The van der Waals surface area contributed by atoms with E-state index in [1.807, 2.05) is 13.8 Å². The standard InChI is InChI=1S/C21H21FN2O4/c1-12(2)27-17-9-16-18(8-14(17)10-24-11-25)28-20(19(16)21(26)23-3)13-4-6-15(22)7-5-13/h4-9,11-12H,10H2,1-3H3,(H,23,26)(H,24,25). The summed E-state index contributed by atoms with van der Waals surface area (Å²) in [5, 5.41) is 5.80. The van der Waals surface area contributed by atoms with E-state index in [1.165, 1.54) is 19.2 Å². The van der Waals surface area contributed by atoms with Crippen molar-refractivity contribution in [3.63, 3.8) is 0 Å². The first-order valence-electron chi connectivity index (χ1n) is 8.85. The maximum atomic E-state index is 13.3. The van der Waals surface area contributed by atoms with Crippen molar-refractivity contribution >= 4 is 23.3 Å². The van der Waals surface area contributed by atoms with E-state index in [2.05, 4.69) is 10.6 Å². The highest BCUT2D eigenvalue weighted by molar-refractivity contribution is 6.11. The molecular weight excluding hydrogens is 363 g/mol. The molecule has 0 saturated carbocycles. The lowest BCUT2D eigenvalue weighted by atomic mass is 10.0. The van der Waals surface area contributed by atoms with E-state index in [1.54, 1.807) is 24.3 Å². The number of rotatable bonds is 7. The quantitative estimate of drug-likeness (QED) is 0.610. The van der Waals surface area contributed by atoms with Gasteiger partial charge in [-0.05, 0) is 50.2 Å². The molecule has 3 rings (SSSR count).